The van der Waals surface area contributed by atoms with Gasteiger partial charge in [0.15, 0.2) is 0 Å². The van der Waals surface area contributed by atoms with E-state index in [0.29, 0.717) is 12.1 Å². The van der Waals surface area contributed by atoms with Crippen molar-refractivity contribution < 1.29 is 14.3 Å². The molecule has 0 radical (unpaired) electrons. The summed E-state index contributed by atoms with van der Waals surface area (Å²) in [4.78, 5) is 27.5. The van der Waals surface area contributed by atoms with Crippen molar-refractivity contribution in [2.75, 3.05) is 19.0 Å². The van der Waals surface area contributed by atoms with Crippen LogP contribution < -0.4 is 10.6 Å². The molecule has 0 aliphatic carbocycles. The van der Waals surface area contributed by atoms with Gasteiger partial charge in [-0.15, -0.1) is 0 Å². The number of hydrogen-bond acceptors (Lipinski definition) is 5. The zero-order valence-corrected chi connectivity index (χ0v) is 14.4. The van der Waals surface area contributed by atoms with Crippen LogP contribution in [0.5, 0.6) is 0 Å². The second-order valence-electron chi connectivity index (χ2n) is 5.78. The maximum atomic E-state index is 12.1. The number of nitrogens with one attached hydrogen (secondary N) is 2. The average Bonchev–Trinajstić information content (AvgIpc) is 2.68. The van der Waals surface area contributed by atoms with E-state index in [9.17, 15) is 9.59 Å². The molecule has 0 aliphatic rings. The maximum absolute atomic E-state index is 12.1. The number of methoxy groups -OCH3 is 1. The number of hydrogen-bond donors (Lipinski definition) is 2. The summed E-state index contributed by atoms with van der Waals surface area (Å²) in [6.07, 6.45) is 3.51. The van der Waals surface area contributed by atoms with E-state index in [1.807, 2.05) is 36.4 Å². The molecule has 2 N–H and O–H groups in total. The fourth-order valence-corrected chi connectivity index (χ4v) is 2.56. The van der Waals surface area contributed by atoms with E-state index in [-0.39, 0.29) is 18.4 Å². The Hall–Kier alpha value is -3.25. The average molecular weight is 349 g/mol. The van der Waals surface area contributed by atoms with Gasteiger partial charge in [-0.2, -0.15) is 0 Å². The molecule has 6 nitrogen and oxygen atoms in total. The van der Waals surface area contributed by atoms with E-state index in [1.54, 1.807) is 24.5 Å². The molecular weight excluding hydrogens is 330 g/mol. The van der Waals surface area contributed by atoms with Crippen LogP contribution >= 0.6 is 0 Å². The third kappa shape index (κ3) is 4.43. The lowest BCUT2D eigenvalue weighted by Gasteiger charge is -2.08. The highest BCUT2D eigenvalue weighted by Crippen LogP contribution is 2.17. The van der Waals surface area contributed by atoms with Gasteiger partial charge in [0.2, 0.25) is 5.91 Å². The summed E-state index contributed by atoms with van der Waals surface area (Å²) < 4.78 is 4.66. The Morgan fingerprint density at radius 2 is 1.85 bits per heavy atom. The van der Waals surface area contributed by atoms with Crippen molar-refractivity contribution in [3.8, 4) is 0 Å². The topological polar surface area (TPSA) is 80.3 Å². The number of anilines is 1. The van der Waals surface area contributed by atoms with Crippen LogP contribution in [0.25, 0.3) is 10.8 Å². The Labute approximate surface area is 151 Å². The molecule has 0 aliphatic heterocycles. The largest absolute Gasteiger partial charge is 0.465 e. The van der Waals surface area contributed by atoms with Gasteiger partial charge in [0.25, 0.3) is 0 Å². The summed E-state index contributed by atoms with van der Waals surface area (Å²) in [5, 5.41) is 8.00. The first-order valence-corrected chi connectivity index (χ1v) is 8.17. The van der Waals surface area contributed by atoms with E-state index in [2.05, 4.69) is 20.4 Å². The van der Waals surface area contributed by atoms with Gasteiger partial charge in [-0.3, -0.25) is 9.78 Å². The molecule has 3 aromatic rings. The summed E-state index contributed by atoms with van der Waals surface area (Å²) in [6, 6.07) is 14.7. The van der Waals surface area contributed by atoms with Gasteiger partial charge in [0.05, 0.1) is 19.2 Å². The molecule has 0 saturated heterocycles. The Morgan fingerprint density at radius 3 is 2.62 bits per heavy atom. The lowest BCUT2D eigenvalue weighted by Crippen LogP contribution is -2.27. The first kappa shape index (κ1) is 17.6. The van der Waals surface area contributed by atoms with Gasteiger partial charge in [-0.05, 0) is 41.3 Å². The van der Waals surface area contributed by atoms with Crippen molar-refractivity contribution in [1.29, 1.82) is 0 Å². The molecule has 0 spiro atoms. The predicted molar refractivity (Wildman–Crippen MR) is 99.9 cm³/mol. The molecular formula is C20H19N3O3. The van der Waals surface area contributed by atoms with Crippen molar-refractivity contribution in [3.05, 3.63) is 72.1 Å². The molecule has 1 heterocycles. The molecule has 2 aromatic carbocycles. The number of amides is 1. The fourth-order valence-electron chi connectivity index (χ4n) is 2.56. The number of pyridine rings is 1. The van der Waals surface area contributed by atoms with Crippen molar-refractivity contribution >= 4 is 28.3 Å². The van der Waals surface area contributed by atoms with Crippen LogP contribution in [0.1, 0.15) is 15.9 Å². The Balaban J connectivity index is 1.49. The smallest absolute Gasteiger partial charge is 0.337 e. The highest BCUT2D eigenvalue weighted by atomic mass is 16.5. The SMILES string of the molecule is COC(=O)c1ccc(CNCC(=O)Nc2ccc3cnccc3c2)cc1. The first-order valence-electron chi connectivity index (χ1n) is 8.17. The lowest BCUT2D eigenvalue weighted by molar-refractivity contribution is -0.115. The summed E-state index contributed by atoms with van der Waals surface area (Å²) in [5.74, 6) is -0.486. The molecule has 6 heteroatoms. The van der Waals surface area contributed by atoms with Crippen LogP contribution in [0.15, 0.2) is 60.9 Å². The van der Waals surface area contributed by atoms with E-state index < -0.39 is 0 Å². The van der Waals surface area contributed by atoms with Gasteiger partial charge in [0.1, 0.15) is 0 Å². The van der Waals surface area contributed by atoms with E-state index in [1.165, 1.54) is 7.11 Å². The lowest BCUT2D eigenvalue weighted by atomic mass is 10.1. The third-order valence-electron chi connectivity index (χ3n) is 3.91. The zero-order valence-electron chi connectivity index (χ0n) is 14.4. The van der Waals surface area contributed by atoms with Crippen LogP contribution in [0.3, 0.4) is 0 Å². The molecule has 0 bridgehead atoms. The number of nitrogens with zero attached hydrogens (tertiary/aromatic N) is 1. The van der Waals surface area contributed by atoms with Gasteiger partial charge >= 0.3 is 5.97 Å². The summed E-state index contributed by atoms with van der Waals surface area (Å²) >= 11 is 0. The number of aromatic nitrogens is 1. The minimum atomic E-state index is -0.366. The number of benzene rings is 2. The predicted octanol–water partition coefficient (Wildman–Crippen LogP) is 2.75. The van der Waals surface area contributed by atoms with Crippen molar-refractivity contribution in [3.63, 3.8) is 0 Å². The highest BCUT2D eigenvalue weighted by molar-refractivity contribution is 5.95. The van der Waals surface area contributed by atoms with Crippen LogP contribution in [-0.2, 0) is 16.1 Å². The molecule has 1 amide bonds. The van der Waals surface area contributed by atoms with Gasteiger partial charge in [-0.25, -0.2) is 4.79 Å². The number of carbonyl (C=O) groups excluding carboxylic acids is 2. The minimum absolute atomic E-state index is 0.121. The zero-order chi connectivity index (χ0) is 18.4. The maximum Gasteiger partial charge on any atom is 0.337 e. The van der Waals surface area contributed by atoms with Crippen molar-refractivity contribution in [2.24, 2.45) is 0 Å². The van der Waals surface area contributed by atoms with Gasteiger partial charge < -0.3 is 15.4 Å². The molecule has 1 aromatic heterocycles. The van der Waals surface area contributed by atoms with Crippen LogP contribution in [-0.4, -0.2) is 30.5 Å². The quantitative estimate of drug-likeness (QED) is 0.669. The summed E-state index contributed by atoms with van der Waals surface area (Å²) in [5.41, 5.74) is 2.22. The molecule has 132 valence electrons. The number of fused-ring (bicyclic) bond motifs is 1. The molecule has 3 rings (SSSR count). The monoisotopic (exact) mass is 349 g/mol. The van der Waals surface area contributed by atoms with Gasteiger partial charge in [0, 0.05) is 30.0 Å². The van der Waals surface area contributed by atoms with E-state index >= 15 is 0 Å². The number of rotatable bonds is 6. The van der Waals surface area contributed by atoms with Crippen molar-refractivity contribution in [2.45, 2.75) is 6.54 Å². The van der Waals surface area contributed by atoms with E-state index in [0.717, 1.165) is 22.0 Å². The molecule has 0 atom stereocenters. The Bertz CT molecular complexity index is 923. The second kappa shape index (κ2) is 8.22. The Kier molecular flexibility index (Phi) is 5.56. The molecule has 0 unspecified atom stereocenters. The Morgan fingerprint density at radius 1 is 1.04 bits per heavy atom. The molecule has 0 saturated carbocycles. The molecule has 26 heavy (non-hydrogen) atoms. The van der Waals surface area contributed by atoms with Crippen molar-refractivity contribution in [1.82, 2.24) is 10.3 Å². The first-order chi connectivity index (χ1) is 12.7. The molecule has 0 fully saturated rings. The number of ether oxygens (including phenoxy) is 1. The van der Waals surface area contributed by atoms with Crippen LogP contribution in [0.4, 0.5) is 5.69 Å². The normalized spacial score (nSPS) is 10.5. The van der Waals surface area contributed by atoms with Crippen LogP contribution in [0, 0.1) is 0 Å². The summed E-state index contributed by atoms with van der Waals surface area (Å²) in [7, 11) is 1.35. The van der Waals surface area contributed by atoms with Gasteiger partial charge in [-0.1, -0.05) is 18.2 Å². The summed E-state index contributed by atoms with van der Waals surface area (Å²) in [6.45, 7) is 0.714. The number of esters is 1. The standard InChI is InChI=1S/C20H19N3O3/c1-26-20(25)15-4-2-14(3-5-15)11-22-13-19(24)23-18-7-6-17-12-21-9-8-16(17)10-18/h2-10,12,22H,11,13H2,1H3,(H,23,24). The second-order valence-corrected chi connectivity index (χ2v) is 5.78. The minimum Gasteiger partial charge on any atom is -0.465 e. The van der Waals surface area contributed by atoms with E-state index in [4.69, 9.17) is 0 Å². The highest BCUT2D eigenvalue weighted by Gasteiger charge is 2.06. The fraction of sp³-hybridized carbons (Fsp3) is 0.150. The van der Waals surface area contributed by atoms with Crippen LogP contribution in [0.2, 0.25) is 0 Å². The number of carbonyl (C=O) groups is 2. The third-order valence-corrected chi connectivity index (χ3v) is 3.91.